The van der Waals surface area contributed by atoms with Crippen molar-refractivity contribution in [3.05, 3.63) is 35.4 Å². The van der Waals surface area contributed by atoms with E-state index < -0.39 is 6.10 Å². The summed E-state index contributed by atoms with van der Waals surface area (Å²) in [5.41, 5.74) is 1.84. The van der Waals surface area contributed by atoms with Gasteiger partial charge in [0, 0.05) is 13.2 Å². The predicted molar refractivity (Wildman–Crippen MR) is 87.8 cm³/mol. The van der Waals surface area contributed by atoms with Crippen molar-refractivity contribution in [2.45, 2.75) is 39.8 Å². The van der Waals surface area contributed by atoms with E-state index >= 15 is 0 Å². The minimum atomic E-state index is -0.709. The lowest BCUT2D eigenvalue weighted by molar-refractivity contribution is 0.0951. The van der Waals surface area contributed by atoms with Crippen molar-refractivity contribution in [2.75, 3.05) is 19.8 Å². The topological polar surface area (TPSA) is 70.6 Å². The van der Waals surface area contributed by atoms with Gasteiger partial charge in [0.25, 0.3) is 0 Å². The van der Waals surface area contributed by atoms with Crippen molar-refractivity contribution < 1.29 is 14.6 Å². The van der Waals surface area contributed by atoms with Crippen molar-refractivity contribution in [1.29, 1.82) is 0 Å². The molecule has 0 fully saturated rings. The summed E-state index contributed by atoms with van der Waals surface area (Å²) >= 11 is 0. The van der Waals surface area contributed by atoms with Crippen molar-refractivity contribution in [1.82, 2.24) is 10.6 Å². The zero-order chi connectivity index (χ0) is 16.5. The average Bonchev–Trinajstić information content (AvgIpc) is 2.44. The predicted octanol–water partition coefficient (Wildman–Crippen LogP) is 2.39. The highest BCUT2D eigenvalue weighted by atomic mass is 16.5. The molecule has 0 aromatic heterocycles. The van der Waals surface area contributed by atoms with E-state index in [9.17, 15) is 9.90 Å². The first-order chi connectivity index (χ1) is 10.4. The molecule has 0 aliphatic heterocycles. The maximum Gasteiger partial charge on any atom is 0.315 e. The summed E-state index contributed by atoms with van der Waals surface area (Å²) < 4.78 is 5.48. The van der Waals surface area contributed by atoms with Crippen molar-refractivity contribution in [3.63, 3.8) is 0 Å². The Morgan fingerprint density at radius 1 is 1.23 bits per heavy atom. The number of nitrogens with one attached hydrogen (secondary N) is 2. The van der Waals surface area contributed by atoms with Gasteiger partial charge < -0.3 is 20.5 Å². The Kier molecular flexibility index (Phi) is 7.91. The number of amides is 2. The fourth-order valence-corrected chi connectivity index (χ4v) is 2.06. The lowest BCUT2D eigenvalue weighted by Gasteiger charge is -2.18. The van der Waals surface area contributed by atoms with Gasteiger partial charge in [-0.15, -0.1) is 0 Å². The Bertz CT molecular complexity index is 463. The molecule has 124 valence electrons. The van der Waals surface area contributed by atoms with Crippen molar-refractivity contribution in [2.24, 2.45) is 5.92 Å². The number of urea groups is 1. The largest absolute Gasteiger partial charge is 0.387 e. The van der Waals surface area contributed by atoms with Crippen LogP contribution in [0.1, 0.15) is 38.0 Å². The Labute approximate surface area is 133 Å². The van der Waals surface area contributed by atoms with Gasteiger partial charge in [0.1, 0.15) is 0 Å². The molecule has 0 aliphatic carbocycles. The molecule has 0 saturated heterocycles. The van der Waals surface area contributed by atoms with E-state index in [0.29, 0.717) is 19.1 Å². The van der Waals surface area contributed by atoms with E-state index in [4.69, 9.17) is 4.74 Å². The van der Waals surface area contributed by atoms with E-state index in [1.165, 1.54) is 0 Å². The molecule has 1 rings (SSSR count). The summed E-state index contributed by atoms with van der Waals surface area (Å²) in [6.45, 7) is 9.32. The number of hydrogen-bond donors (Lipinski definition) is 3. The van der Waals surface area contributed by atoms with Crippen LogP contribution in [0.25, 0.3) is 0 Å². The lowest BCUT2D eigenvalue weighted by Crippen LogP contribution is -2.44. The Hall–Kier alpha value is -1.59. The zero-order valence-corrected chi connectivity index (χ0v) is 13.9. The summed E-state index contributed by atoms with van der Waals surface area (Å²) in [5.74, 6) is 0.477. The van der Waals surface area contributed by atoms with Crippen LogP contribution in [-0.2, 0) is 4.74 Å². The highest BCUT2D eigenvalue weighted by molar-refractivity contribution is 5.74. The number of carbonyl (C=O) groups excluding carboxylic acids is 1. The molecule has 0 unspecified atom stereocenters. The van der Waals surface area contributed by atoms with E-state index in [1.54, 1.807) is 0 Å². The number of benzene rings is 1. The van der Waals surface area contributed by atoms with Gasteiger partial charge in [0.2, 0.25) is 0 Å². The molecule has 2 amide bonds. The molecule has 1 aromatic rings. The average molecular weight is 308 g/mol. The van der Waals surface area contributed by atoms with Crippen LogP contribution in [-0.4, -0.2) is 36.9 Å². The highest BCUT2D eigenvalue weighted by Crippen LogP contribution is 2.16. The minimum Gasteiger partial charge on any atom is -0.387 e. The summed E-state index contributed by atoms with van der Waals surface area (Å²) in [6, 6.07) is 7.22. The monoisotopic (exact) mass is 308 g/mol. The fourth-order valence-electron chi connectivity index (χ4n) is 2.06. The SMILES string of the molecule is Cc1ccccc1[C@H](O)CNC(=O)N[C@@H](C)COCC(C)C. The molecule has 2 atom stereocenters. The molecule has 1 aromatic carbocycles. The number of hydrogen-bond acceptors (Lipinski definition) is 3. The van der Waals surface area contributed by atoms with E-state index in [1.807, 2.05) is 38.1 Å². The molecule has 5 heteroatoms. The third kappa shape index (κ3) is 6.91. The fraction of sp³-hybridized carbons (Fsp3) is 0.588. The Balaban J connectivity index is 2.29. The first-order valence-corrected chi connectivity index (χ1v) is 7.75. The standard InChI is InChI=1S/C17H28N2O3/c1-12(2)10-22-11-14(4)19-17(21)18-9-16(20)15-8-6-5-7-13(15)3/h5-8,12,14,16,20H,9-11H2,1-4H3,(H2,18,19,21)/t14-,16+/m0/s1. The van der Waals surface area contributed by atoms with Crippen LogP contribution < -0.4 is 10.6 Å². The number of rotatable bonds is 8. The molecule has 3 N–H and O–H groups in total. The molecule has 0 bridgehead atoms. The number of aliphatic hydroxyl groups excluding tert-OH is 1. The van der Waals surface area contributed by atoms with Gasteiger partial charge in [0.15, 0.2) is 0 Å². The van der Waals surface area contributed by atoms with E-state index in [0.717, 1.165) is 11.1 Å². The summed E-state index contributed by atoms with van der Waals surface area (Å²) in [6.07, 6.45) is -0.709. The Morgan fingerprint density at radius 2 is 1.91 bits per heavy atom. The maximum absolute atomic E-state index is 11.8. The lowest BCUT2D eigenvalue weighted by atomic mass is 10.0. The van der Waals surface area contributed by atoms with E-state index in [-0.39, 0.29) is 18.6 Å². The number of carbonyl (C=O) groups is 1. The van der Waals surface area contributed by atoms with Crippen molar-refractivity contribution in [3.8, 4) is 0 Å². The minimum absolute atomic E-state index is 0.0747. The van der Waals surface area contributed by atoms with Crippen LogP contribution in [0.2, 0.25) is 0 Å². The van der Waals surface area contributed by atoms with Crippen molar-refractivity contribution >= 4 is 6.03 Å². The van der Waals surface area contributed by atoms with Gasteiger partial charge in [-0.05, 0) is 30.9 Å². The second-order valence-electron chi connectivity index (χ2n) is 6.06. The maximum atomic E-state index is 11.8. The first-order valence-electron chi connectivity index (χ1n) is 7.75. The normalized spacial score (nSPS) is 13.7. The molecular weight excluding hydrogens is 280 g/mol. The number of ether oxygens (including phenoxy) is 1. The third-order valence-electron chi connectivity index (χ3n) is 3.20. The van der Waals surface area contributed by atoms with Gasteiger partial charge in [-0.25, -0.2) is 4.79 Å². The third-order valence-corrected chi connectivity index (χ3v) is 3.20. The van der Waals surface area contributed by atoms with Crippen LogP contribution >= 0.6 is 0 Å². The molecule has 22 heavy (non-hydrogen) atoms. The first kappa shape index (κ1) is 18.5. The van der Waals surface area contributed by atoms with Crippen LogP contribution in [0, 0.1) is 12.8 Å². The quantitative estimate of drug-likeness (QED) is 0.690. The highest BCUT2D eigenvalue weighted by Gasteiger charge is 2.12. The van der Waals surface area contributed by atoms with Crippen LogP contribution in [0.3, 0.4) is 0 Å². The van der Waals surface area contributed by atoms with Gasteiger partial charge >= 0.3 is 6.03 Å². The number of aliphatic hydroxyl groups is 1. The molecule has 0 aliphatic rings. The summed E-state index contributed by atoms with van der Waals surface area (Å²) in [7, 11) is 0. The second kappa shape index (κ2) is 9.43. The molecule has 5 nitrogen and oxygen atoms in total. The van der Waals surface area contributed by atoms with Crippen LogP contribution in [0.15, 0.2) is 24.3 Å². The van der Waals surface area contributed by atoms with Gasteiger partial charge in [-0.2, -0.15) is 0 Å². The Morgan fingerprint density at radius 3 is 2.55 bits per heavy atom. The van der Waals surface area contributed by atoms with Gasteiger partial charge in [-0.3, -0.25) is 0 Å². The molecule has 0 saturated carbocycles. The summed E-state index contributed by atoms with van der Waals surface area (Å²) in [5, 5.41) is 15.6. The smallest absolute Gasteiger partial charge is 0.315 e. The van der Waals surface area contributed by atoms with Gasteiger partial charge in [-0.1, -0.05) is 38.1 Å². The molecule has 0 spiro atoms. The number of aryl methyl sites for hydroxylation is 1. The second-order valence-corrected chi connectivity index (χ2v) is 6.06. The molecular formula is C17H28N2O3. The molecule has 0 radical (unpaired) electrons. The summed E-state index contributed by atoms with van der Waals surface area (Å²) in [4.78, 5) is 11.8. The van der Waals surface area contributed by atoms with Gasteiger partial charge in [0.05, 0.1) is 18.8 Å². The zero-order valence-electron chi connectivity index (χ0n) is 13.9. The van der Waals surface area contributed by atoms with Crippen LogP contribution in [0.4, 0.5) is 4.79 Å². The molecule has 0 heterocycles. The van der Waals surface area contributed by atoms with Crippen LogP contribution in [0.5, 0.6) is 0 Å². The van der Waals surface area contributed by atoms with E-state index in [2.05, 4.69) is 24.5 Å².